The number of methoxy groups -OCH3 is 1. The Morgan fingerprint density at radius 3 is 2.84 bits per heavy atom. The third kappa shape index (κ3) is 3.81. The minimum absolute atomic E-state index is 0.0333. The maximum absolute atomic E-state index is 6.22. The lowest BCUT2D eigenvalue weighted by molar-refractivity contribution is -0.0810. The third-order valence-corrected chi connectivity index (χ3v) is 3.93. The molecular formula is C15H25NO3. The molecule has 4 atom stereocenters. The van der Waals surface area contributed by atoms with E-state index >= 15 is 0 Å². The molecule has 1 aromatic heterocycles. The van der Waals surface area contributed by atoms with Crippen molar-refractivity contribution in [1.29, 1.82) is 0 Å². The van der Waals surface area contributed by atoms with E-state index in [-0.39, 0.29) is 18.2 Å². The predicted octanol–water partition coefficient (Wildman–Crippen LogP) is 3.03. The molecule has 1 heterocycles. The van der Waals surface area contributed by atoms with E-state index < -0.39 is 0 Å². The Morgan fingerprint density at radius 1 is 1.42 bits per heavy atom. The molecule has 0 radical (unpaired) electrons. The quantitative estimate of drug-likeness (QED) is 0.860. The third-order valence-electron chi connectivity index (χ3n) is 3.93. The highest BCUT2D eigenvalue weighted by atomic mass is 16.5. The number of ether oxygens (including phenoxy) is 2. The second kappa shape index (κ2) is 7.08. The first-order valence-electron chi connectivity index (χ1n) is 7.21. The lowest BCUT2D eigenvalue weighted by Gasteiger charge is -2.32. The highest BCUT2D eigenvalue weighted by molar-refractivity contribution is 5.05. The fourth-order valence-electron chi connectivity index (χ4n) is 2.69. The maximum Gasteiger partial charge on any atom is 0.134 e. The summed E-state index contributed by atoms with van der Waals surface area (Å²) in [5.74, 6) is 0.828. The summed E-state index contributed by atoms with van der Waals surface area (Å²) in [5, 5.41) is 0. The molecule has 2 N–H and O–H groups in total. The molecule has 19 heavy (non-hydrogen) atoms. The standard InChI is InChI=1S/C15H25NO3/c1-3-13(16)15(14-8-5-9-18-14)19-12-7-4-6-11(10-12)17-2/h5,8-9,11-13,15H,3-4,6-7,10,16H2,1-2H3. The van der Waals surface area contributed by atoms with Crippen molar-refractivity contribution < 1.29 is 13.9 Å². The van der Waals surface area contributed by atoms with E-state index in [1.165, 1.54) is 0 Å². The largest absolute Gasteiger partial charge is 0.467 e. The molecule has 1 aliphatic carbocycles. The molecule has 1 aliphatic rings. The van der Waals surface area contributed by atoms with Gasteiger partial charge in [-0.2, -0.15) is 0 Å². The van der Waals surface area contributed by atoms with Gasteiger partial charge in [-0.1, -0.05) is 6.92 Å². The van der Waals surface area contributed by atoms with E-state index in [9.17, 15) is 0 Å². The fourth-order valence-corrected chi connectivity index (χ4v) is 2.69. The average Bonchev–Trinajstić information content (AvgIpc) is 2.98. The van der Waals surface area contributed by atoms with Crippen molar-refractivity contribution in [2.24, 2.45) is 5.73 Å². The Hall–Kier alpha value is -0.840. The summed E-state index contributed by atoms with van der Waals surface area (Å²) in [6, 6.07) is 3.79. The van der Waals surface area contributed by atoms with Crippen LogP contribution < -0.4 is 5.73 Å². The van der Waals surface area contributed by atoms with Gasteiger partial charge in [-0.15, -0.1) is 0 Å². The summed E-state index contributed by atoms with van der Waals surface area (Å²) < 4.78 is 17.1. The van der Waals surface area contributed by atoms with Gasteiger partial charge in [0.1, 0.15) is 11.9 Å². The van der Waals surface area contributed by atoms with Crippen LogP contribution in [-0.4, -0.2) is 25.4 Å². The first-order chi connectivity index (χ1) is 9.24. The van der Waals surface area contributed by atoms with Crippen molar-refractivity contribution in [3.05, 3.63) is 24.2 Å². The smallest absolute Gasteiger partial charge is 0.134 e. The number of hydrogen-bond acceptors (Lipinski definition) is 4. The lowest BCUT2D eigenvalue weighted by atomic mass is 9.94. The molecule has 4 heteroatoms. The molecule has 4 unspecified atom stereocenters. The van der Waals surface area contributed by atoms with Gasteiger partial charge in [0.2, 0.25) is 0 Å². The number of nitrogens with two attached hydrogens (primary N) is 1. The summed E-state index contributed by atoms with van der Waals surface area (Å²) in [5.41, 5.74) is 6.18. The van der Waals surface area contributed by atoms with E-state index in [4.69, 9.17) is 19.6 Å². The maximum atomic E-state index is 6.22. The van der Waals surface area contributed by atoms with E-state index in [2.05, 4.69) is 6.92 Å². The van der Waals surface area contributed by atoms with Gasteiger partial charge in [-0.05, 0) is 44.2 Å². The second-order valence-electron chi connectivity index (χ2n) is 5.29. The normalized spacial score (nSPS) is 27.1. The van der Waals surface area contributed by atoms with E-state index in [0.29, 0.717) is 6.10 Å². The SMILES string of the molecule is CCC(N)C(OC1CCCC(OC)C1)c1ccco1. The summed E-state index contributed by atoms with van der Waals surface area (Å²) in [7, 11) is 1.77. The molecule has 4 nitrogen and oxygen atoms in total. The molecule has 108 valence electrons. The van der Waals surface area contributed by atoms with Crippen LogP contribution in [0.1, 0.15) is 50.9 Å². The highest BCUT2D eigenvalue weighted by Crippen LogP contribution is 2.30. The topological polar surface area (TPSA) is 57.6 Å². The molecule has 0 bridgehead atoms. The zero-order chi connectivity index (χ0) is 13.7. The molecule has 2 rings (SSSR count). The van der Waals surface area contributed by atoms with Crippen LogP contribution in [-0.2, 0) is 9.47 Å². The van der Waals surface area contributed by atoms with Crippen LogP contribution in [0.5, 0.6) is 0 Å². The van der Waals surface area contributed by atoms with Crippen molar-refractivity contribution in [2.75, 3.05) is 7.11 Å². The van der Waals surface area contributed by atoms with Crippen LogP contribution in [0.15, 0.2) is 22.8 Å². The van der Waals surface area contributed by atoms with Crippen molar-refractivity contribution in [3.63, 3.8) is 0 Å². The Morgan fingerprint density at radius 2 is 2.21 bits per heavy atom. The zero-order valence-corrected chi connectivity index (χ0v) is 11.9. The van der Waals surface area contributed by atoms with Gasteiger partial charge >= 0.3 is 0 Å². The number of furan rings is 1. The minimum Gasteiger partial charge on any atom is -0.467 e. The fraction of sp³-hybridized carbons (Fsp3) is 0.733. The van der Waals surface area contributed by atoms with Gasteiger partial charge in [0.15, 0.2) is 0 Å². The van der Waals surface area contributed by atoms with Gasteiger partial charge in [0.05, 0.1) is 18.5 Å². The summed E-state index contributed by atoms with van der Waals surface area (Å²) >= 11 is 0. The molecule has 0 aliphatic heterocycles. The number of hydrogen-bond donors (Lipinski definition) is 1. The number of rotatable bonds is 6. The van der Waals surface area contributed by atoms with Crippen molar-refractivity contribution in [3.8, 4) is 0 Å². The van der Waals surface area contributed by atoms with E-state index in [0.717, 1.165) is 37.9 Å². The highest BCUT2D eigenvalue weighted by Gasteiger charge is 2.29. The Balaban J connectivity index is 2.00. The molecule has 0 saturated heterocycles. The predicted molar refractivity (Wildman–Crippen MR) is 73.9 cm³/mol. The van der Waals surface area contributed by atoms with Crippen LogP contribution in [0.3, 0.4) is 0 Å². The zero-order valence-electron chi connectivity index (χ0n) is 11.9. The average molecular weight is 267 g/mol. The van der Waals surface area contributed by atoms with Crippen LogP contribution in [0.4, 0.5) is 0 Å². The van der Waals surface area contributed by atoms with E-state index in [1.807, 2.05) is 12.1 Å². The van der Waals surface area contributed by atoms with Gasteiger partial charge in [0.25, 0.3) is 0 Å². The monoisotopic (exact) mass is 267 g/mol. The summed E-state index contributed by atoms with van der Waals surface area (Å²) in [4.78, 5) is 0. The van der Waals surface area contributed by atoms with Crippen LogP contribution in [0.25, 0.3) is 0 Å². The van der Waals surface area contributed by atoms with Crippen molar-refractivity contribution in [2.45, 2.75) is 63.4 Å². The molecule has 0 spiro atoms. The molecule has 0 aromatic carbocycles. The van der Waals surface area contributed by atoms with Gasteiger partial charge in [0, 0.05) is 13.2 Å². The van der Waals surface area contributed by atoms with Crippen LogP contribution in [0.2, 0.25) is 0 Å². The lowest BCUT2D eigenvalue weighted by Crippen LogP contribution is -2.35. The molecule has 0 amide bonds. The summed E-state index contributed by atoms with van der Waals surface area (Å²) in [6.45, 7) is 2.07. The minimum atomic E-state index is -0.152. The van der Waals surface area contributed by atoms with E-state index in [1.54, 1.807) is 13.4 Å². The Kier molecular flexibility index (Phi) is 5.43. The molecular weight excluding hydrogens is 242 g/mol. The first-order valence-corrected chi connectivity index (χ1v) is 7.21. The molecule has 1 aromatic rings. The Bertz CT molecular complexity index is 352. The second-order valence-corrected chi connectivity index (χ2v) is 5.29. The molecule has 1 saturated carbocycles. The summed E-state index contributed by atoms with van der Waals surface area (Å²) in [6.07, 6.45) is 7.22. The van der Waals surface area contributed by atoms with Crippen molar-refractivity contribution in [1.82, 2.24) is 0 Å². The van der Waals surface area contributed by atoms with Gasteiger partial charge in [-0.25, -0.2) is 0 Å². The van der Waals surface area contributed by atoms with Gasteiger partial charge < -0.3 is 19.6 Å². The van der Waals surface area contributed by atoms with Crippen molar-refractivity contribution >= 4 is 0 Å². The van der Waals surface area contributed by atoms with Crippen LogP contribution >= 0.6 is 0 Å². The Labute approximate surface area is 115 Å². The first kappa shape index (κ1) is 14.6. The van der Waals surface area contributed by atoms with Crippen LogP contribution in [0, 0.1) is 0 Å². The van der Waals surface area contributed by atoms with Gasteiger partial charge in [-0.3, -0.25) is 0 Å². The molecule has 1 fully saturated rings.